The maximum atomic E-state index is 13.2. The number of hydrogen-bond acceptors (Lipinski definition) is 5. The van der Waals surface area contributed by atoms with Gasteiger partial charge in [-0.3, -0.25) is 9.59 Å². The third-order valence-corrected chi connectivity index (χ3v) is 6.44. The number of pyridine rings is 2. The van der Waals surface area contributed by atoms with Crippen LogP contribution in [0.25, 0.3) is 11.0 Å². The second kappa shape index (κ2) is 8.87. The Kier molecular flexibility index (Phi) is 5.72. The number of nitrogens with one attached hydrogen (secondary N) is 3. The summed E-state index contributed by atoms with van der Waals surface area (Å²) >= 11 is 0. The van der Waals surface area contributed by atoms with Gasteiger partial charge in [0.05, 0.1) is 5.56 Å². The van der Waals surface area contributed by atoms with Gasteiger partial charge in [0.2, 0.25) is 5.91 Å². The van der Waals surface area contributed by atoms with Crippen molar-refractivity contribution in [3.63, 3.8) is 0 Å². The van der Waals surface area contributed by atoms with Gasteiger partial charge in [0.1, 0.15) is 11.5 Å². The van der Waals surface area contributed by atoms with Crippen molar-refractivity contribution in [2.75, 3.05) is 17.2 Å². The molecule has 8 nitrogen and oxygen atoms in total. The average molecular weight is 468 g/mol. The molecular weight excluding hydrogens is 440 g/mol. The molecule has 8 heteroatoms. The minimum atomic E-state index is -0.262. The van der Waals surface area contributed by atoms with Crippen LogP contribution in [0.15, 0.2) is 61.1 Å². The van der Waals surface area contributed by atoms with Crippen LogP contribution >= 0.6 is 0 Å². The highest BCUT2D eigenvalue weighted by Crippen LogP contribution is 2.35. The van der Waals surface area contributed by atoms with Crippen molar-refractivity contribution < 1.29 is 9.59 Å². The summed E-state index contributed by atoms with van der Waals surface area (Å²) in [5.74, 6) is 0.0380. The van der Waals surface area contributed by atoms with Gasteiger partial charge >= 0.3 is 0 Å². The number of aromatic nitrogens is 3. The standard InChI is InChI=1S/C27H27N6O2/c1-17(34)33-15-19-13-20(6-7-23(19)27(2,3)16-33)32-26(35)22-5-4-10-28-25(22)31-14-18-8-11-29-24-21(18)9-12-30-24/h4-13H,1,14-16H2,2-3H3,(H,28,31)(H,29,30)(H,32,35). The van der Waals surface area contributed by atoms with Crippen LogP contribution < -0.4 is 10.6 Å². The largest absolute Gasteiger partial charge is 0.365 e. The first-order valence-electron chi connectivity index (χ1n) is 11.5. The van der Waals surface area contributed by atoms with Crippen LogP contribution in [0.4, 0.5) is 11.5 Å². The third-order valence-electron chi connectivity index (χ3n) is 6.44. The van der Waals surface area contributed by atoms with Gasteiger partial charge in [0.25, 0.3) is 5.91 Å². The van der Waals surface area contributed by atoms with E-state index in [-0.39, 0.29) is 17.2 Å². The summed E-state index contributed by atoms with van der Waals surface area (Å²) < 4.78 is 0. The Morgan fingerprint density at radius 1 is 1.14 bits per heavy atom. The van der Waals surface area contributed by atoms with Crippen molar-refractivity contribution in [1.82, 2.24) is 19.9 Å². The normalized spacial score (nSPS) is 14.4. The number of carbonyl (C=O) groups is 2. The molecule has 4 heterocycles. The molecule has 0 fully saturated rings. The molecule has 35 heavy (non-hydrogen) atoms. The molecule has 2 amide bonds. The zero-order valence-electron chi connectivity index (χ0n) is 19.8. The highest BCUT2D eigenvalue weighted by molar-refractivity contribution is 6.07. The van der Waals surface area contributed by atoms with Gasteiger partial charge in [0.15, 0.2) is 0 Å². The minimum Gasteiger partial charge on any atom is -0.365 e. The summed E-state index contributed by atoms with van der Waals surface area (Å²) in [5, 5.41) is 7.31. The molecule has 0 saturated carbocycles. The molecule has 0 atom stereocenters. The number of rotatable bonds is 5. The number of anilines is 2. The van der Waals surface area contributed by atoms with Gasteiger partial charge < -0.3 is 20.5 Å². The number of amides is 2. The lowest BCUT2D eigenvalue weighted by Gasteiger charge is -2.39. The van der Waals surface area contributed by atoms with Gasteiger partial charge in [0, 0.05) is 61.6 Å². The number of aromatic amines is 1. The molecule has 0 aliphatic carbocycles. The zero-order chi connectivity index (χ0) is 24.6. The number of hydrogen-bond donors (Lipinski definition) is 3. The van der Waals surface area contributed by atoms with E-state index in [2.05, 4.69) is 46.4 Å². The molecule has 1 aliphatic heterocycles. The number of carbonyl (C=O) groups excluding carboxylic acids is 2. The van der Waals surface area contributed by atoms with Crippen molar-refractivity contribution in [3.05, 3.63) is 90.2 Å². The first-order valence-corrected chi connectivity index (χ1v) is 11.5. The molecule has 3 aromatic heterocycles. The van der Waals surface area contributed by atoms with Crippen LogP contribution in [0.3, 0.4) is 0 Å². The highest BCUT2D eigenvalue weighted by atomic mass is 16.2. The predicted octanol–water partition coefficient (Wildman–Crippen LogP) is 4.28. The molecule has 4 aromatic rings. The molecule has 0 unspecified atom stereocenters. The Labute approximate surface area is 203 Å². The Morgan fingerprint density at radius 3 is 2.83 bits per heavy atom. The molecule has 1 aromatic carbocycles. The summed E-state index contributed by atoms with van der Waals surface area (Å²) in [4.78, 5) is 38.7. The van der Waals surface area contributed by atoms with Crippen LogP contribution in [0.2, 0.25) is 0 Å². The van der Waals surface area contributed by atoms with Crippen molar-refractivity contribution in [2.45, 2.75) is 32.4 Å². The Bertz CT molecular complexity index is 1420. The zero-order valence-corrected chi connectivity index (χ0v) is 19.8. The van der Waals surface area contributed by atoms with Crippen LogP contribution in [0.1, 0.15) is 40.9 Å². The second-order valence-electron chi connectivity index (χ2n) is 9.42. The van der Waals surface area contributed by atoms with Gasteiger partial charge in [-0.15, -0.1) is 0 Å². The van der Waals surface area contributed by atoms with E-state index in [1.165, 1.54) is 5.56 Å². The lowest BCUT2D eigenvalue weighted by atomic mass is 9.78. The van der Waals surface area contributed by atoms with E-state index in [0.29, 0.717) is 36.7 Å². The quantitative estimate of drug-likeness (QED) is 0.407. The molecule has 3 N–H and O–H groups in total. The van der Waals surface area contributed by atoms with E-state index in [4.69, 9.17) is 0 Å². The van der Waals surface area contributed by atoms with Crippen LogP contribution in [0.5, 0.6) is 0 Å². The number of nitrogens with zero attached hydrogens (tertiary/aromatic N) is 3. The summed E-state index contributed by atoms with van der Waals surface area (Å²) in [6.07, 6.45) is 5.26. The number of H-pyrrole nitrogens is 1. The van der Waals surface area contributed by atoms with E-state index in [1.807, 2.05) is 36.5 Å². The minimum absolute atomic E-state index is 0.193. The highest BCUT2D eigenvalue weighted by Gasteiger charge is 2.33. The molecule has 0 bridgehead atoms. The molecular formula is C27H27N6O2. The summed E-state index contributed by atoms with van der Waals surface area (Å²) in [7, 11) is 0. The monoisotopic (exact) mass is 467 g/mol. The molecule has 5 rings (SSSR count). The lowest BCUT2D eigenvalue weighted by Crippen LogP contribution is -2.44. The summed E-state index contributed by atoms with van der Waals surface area (Å²) in [5.41, 5.74) is 4.97. The van der Waals surface area contributed by atoms with E-state index in [9.17, 15) is 9.59 Å². The van der Waals surface area contributed by atoms with Crippen molar-refractivity contribution in [2.24, 2.45) is 0 Å². The summed E-state index contributed by atoms with van der Waals surface area (Å²) in [6.45, 7) is 9.38. The van der Waals surface area contributed by atoms with Crippen LogP contribution in [-0.2, 0) is 23.3 Å². The molecule has 0 spiro atoms. The van der Waals surface area contributed by atoms with Gasteiger partial charge in [-0.05, 0) is 53.1 Å². The summed E-state index contributed by atoms with van der Waals surface area (Å²) in [6, 6.07) is 13.3. The topological polar surface area (TPSA) is 103 Å². The number of fused-ring (bicyclic) bond motifs is 2. The molecule has 1 aliphatic rings. The fourth-order valence-electron chi connectivity index (χ4n) is 4.74. The maximum absolute atomic E-state index is 13.2. The van der Waals surface area contributed by atoms with Crippen molar-refractivity contribution in [3.8, 4) is 0 Å². The lowest BCUT2D eigenvalue weighted by molar-refractivity contribution is -0.128. The third kappa shape index (κ3) is 4.47. The molecule has 0 saturated heterocycles. The smallest absolute Gasteiger partial charge is 0.259 e. The fourth-order valence-corrected chi connectivity index (χ4v) is 4.74. The molecule has 177 valence electrons. The average Bonchev–Trinajstić information content (AvgIpc) is 3.32. The second-order valence-corrected chi connectivity index (χ2v) is 9.42. The van der Waals surface area contributed by atoms with Crippen molar-refractivity contribution in [1.29, 1.82) is 0 Å². The predicted molar refractivity (Wildman–Crippen MR) is 136 cm³/mol. The number of benzene rings is 1. The van der Waals surface area contributed by atoms with Crippen LogP contribution in [-0.4, -0.2) is 38.2 Å². The molecule has 1 radical (unpaired) electrons. The Morgan fingerprint density at radius 2 is 2.00 bits per heavy atom. The maximum Gasteiger partial charge on any atom is 0.259 e. The first-order chi connectivity index (χ1) is 16.8. The van der Waals surface area contributed by atoms with Gasteiger partial charge in [-0.2, -0.15) is 0 Å². The van der Waals surface area contributed by atoms with Gasteiger partial charge in [-0.1, -0.05) is 19.9 Å². The first kappa shape index (κ1) is 22.6. The van der Waals surface area contributed by atoms with E-state index in [0.717, 1.165) is 22.2 Å². The van der Waals surface area contributed by atoms with Crippen molar-refractivity contribution >= 4 is 34.4 Å². The van der Waals surface area contributed by atoms with Crippen LogP contribution in [0, 0.1) is 6.92 Å². The van der Waals surface area contributed by atoms with E-state index < -0.39 is 0 Å². The van der Waals surface area contributed by atoms with E-state index >= 15 is 0 Å². The Balaban J connectivity index is 1.35. The SMILES string of the molecule is [CH2]C(=O)N1Cc2cc(NC(=O)c3cccnc3NCc3ccnc4[nH]ccc34)ccc2C(C)(C)C1. The Hall–Kier alpha value is -4.20. The fraction of sp³-hybridized carbons (Fsp3) is 0.222. The van der Waals surface area contributed by atoms with E-state index in [1.54, 1.807) is 29.4 Å². The van der Waals surface area contributed by atoms with Gasteiger partial charge in [-0.25, -0.2) is 9.97 Å².